The van der Waals surface area contributed by atoms with Crippen LogP contribution in [0.5, 0.6) is 0 Å². The van der Waals surface area contributed by atoms with Gasteiger partial charge in [0.2, 0.25) is 0 Å². The third-order valence-electron chi connectivity index (χ3n) is 2.93. The van der Waals surface area contributed by atoms with E-state index < -0.39 is 0 Å². The van der Waals surface area contributed by atoms with Crippen molar-refractivity contribution in [2.75, 3.05) is 33.7 Å². The number of piperazine rings is 1. The van der Waals surface area contributed by atoms with Gasteiger partial charge in [-0.1, -0.05) is 6.92 Å². The van der Waals surface area contributed by atoms with Crippen LogP contribution in [0.3, 0.4) is 0 Å². The third kappa shape index (κ3) is 3.63. The van der Waals surface area contributed by atoms with Gasteiger partial charge in [-0.3, -0.25) is 0 Å². The number of likely N-dealkylation sites (N-methyl/N-ethyl adjacent to an activating group) is 1. The van der Waals surface area contributed by atoms with Crippen molar-refractivity contribution in [1.82, 2.24) is 15.5 Å². The maximum absolute atomic E-state index is 3.57. The van der Waals surface area contributed by atoms with Crippen LogP contribution in [0.1, 0.15) is 19.8 Å². The van der Waals surface area contributed by atoms with Crippen LogP contribution in [0.25, 0.3) is 0 Å². The zero-order valence-corrected chi connectivity index (χ0v) is 9.14. The molecule has 0 bridgehead atoms. The molecule has 0 radical (unpaired) electrons. The normalized spacial score (nSPS) is 27.5. The summed E-state index contributed by atoms with van der Waals surface area (Å²) in [6.07, 6.45) is 2.47. The minimum absolute atomic E-state index is 0.670. The Morgan fingerprint density at radius 3 is 2.92 bits per heavy atom. The van der Waals surface area contributed by atoms with Gasteiger partial charge in [0.15, 0.2) is 0 Å². The quantitative estimate of drug-likeness (QED) is 0.659. The van der Waals surface area contributed by atoms with Gasteiger partial charge in [0.1, 0.15) is 0 Å². The molecular weight excluding hydrogens is 162 g/mol. The second-order valence-corrected chi connectivity index (χ2v) is 4.04. The average Bonchev–Trinajstić information content (AvgIpc) is 2.14. The molecule has 0 aliphatic carbocycles. The van der Waals surface area contributed by atoms with Crippen molar-refractivity contribution in [2.24, 2.45) is 0 Å². The van der Waals surface area contributed by atoms with Crippen LogP contribution in [-0.4, -0.2) is 50.7 Å². The molecule has 0 aromatic carbocycles. The van der Waals surface area contributed by atoms with Crippen molar-refractivity contribution >= 4 is 0 Å². The fourth-order valence-corrected chi connectivity index (χ4v) is 1.98. The summed E-state index contributed by atoms with van der Waals surface area (Å²) in [5.41, 5.74) is 0. The van der Waals surface area contributed by atoms with Crippen molar-refractivity contribution < 1.29 is 0 Å². The molecule has 0 aromatic rings. The first-order chi connectivity index (χ1) is 6.26. The van der Waals surface area contributed by atoms with Crippen LogP contribution in [0, 0.1) is 0 Å². The topological polar surface area (TPSA) is 27.3 Å². The monoisotopic (exact) mass is 185 g/mol. The lowest BCUT2D eigenvalue weighted by molar-refractivity contribution is 0.220. The molecule has 1 heterocycles. The maximum Gasteiger partial charge on any atom is 0.0210 e. The predicted molar refractivity (Wildman–Crippen MR) is 57.0 cm³/mol. The number of nitrogens with zero attached hydrogens (tertiary/aromatic N) is 1. The molecular formula is C10H23N3. The molecule has 0 aromatic heterocycles. The van der Waals surface area contributed by atoms with E-state index >= 15 is 0 Å². The SMILES string of the molecule is CCC(CC1CN(C)CCN1)NC. The number of hydrogen-bond acceptors (Lipinski definition) is 3. The molecule has 3 heteroatoms. The standard InChI is InChI=1S/C10H23N3/c1-4-9(11-2)7-10-8-13(3)6-5-12-10/h9-12H,4-8H2,1-3H3. The first-order valence-corrected chi connectivity index (χ1v) is 5.35. The smallest absolute Gasteiger partial charge is 0.0210 e. The largest absolute Gasteiger partial charge is 0.317 e. The molecule has 2 atom stereocenters. The molecule has 2 unspecified atom stereocenters. The molecule has 1 fully saturated rings. The summed E-state index contributed by atoms with van der Waals surface area (Å²) in [5.74, 6) is 0. The Hall–Kier alpha value is -0.120. The van der Waals surface area contributed by atoms with E-state index in [1.165, 1.54) is 25.9 Å². The first kappa shape index (κ1) is 11.0. The lowest BCUT2D eigenvalue weighted by Gasteiger charge is -2.32. The molecule has 78 valence electrons. The fraction of sp³-hybridized carbons (Fsp3) is 1.00. The number of rotatable bonds is 4. The van der Waals surface area contributed by atoms with Crippen molar-refractivity contribution in [3.63, 3.8) is 0 Å². The lowest BCUT2D eigenvalue weighted by Crippen LogP contribution is -2.51. The molecule has 0 spiro atoms. The molecule has 1 aliphatic rings. The molecule has 1 aliphatic heterocycles. The minimum atomic E-state index is 0.670. The van der Waals surface area contributed by atoms with E-state index in [2.05, 4.69) is 36.6 Å². The van der Waals surface area contributed by atoms with E-state index in [0.717, 1.165) is 6.54 Å². The molecule has 13 heavy (non-hydrogen) atoms. The maximum atomic E-state index is 3.57. The van der Waals surface area contributed by atoms with Gasteiger partial charge >= 0.3 is 0 Å². The summed E-state index contributed by atoms with van der Waals surface area (Å²) < 4.78 is 0. The van der Waals surface area contributed by atoms with Crippen LogP contribution in [0.2, 0.25) is 0 Å². The van der Waals surface area contributed by atoms with Crippen LogP contribution in [-0.2, 0) is 0 Å². The highest BCUT2D eigenvalue weighted by Gasteiger charge is 2.18. The molecule has 0 amide bonds. The Morgan fingerprint density at radius 1 is 1.62 bits per heavy atom. The molecule has 3 nitrogen and oxygen atoms in total. The summed E-state index contributed by atoms with van der Waals surface area (Å²) in [6, 6.07) is 1.35. The molecule has 0 saturated carbocycles. The summed E-state index contributed by atoms with van der Waals surface area (Å²) in [4.78, 5) is 2.41. The van der Waals surface area contributed by atoms with Crippen LogP contribution < -0.4 is 10.6 Å². The number of hydrogen-bond donors (Lipinski definition) is 2. The third-order valence-corrected chi connectivity index (χ3v) is 2.93. The molecule has 1 saturated heterocycles. The van der Waals surface area contributed by atoms with Gasteiger partial charge in [0.05, 0.1) is 0 Å². The predicted octanol–water partition coefficient (Wildman–Crippen LogP) is 0.278. The van der Waals surface area contributed by atoms with E-state index in [4.69, 9.17) is 0 Å². The summed E-state index contributed by atoms with van der Waals surface area (Å²) in [6.45, 7) is 5.76. The summed E-state index contributed by atoms with van der Waals surface area (Å²) in [5, 5.41) is 6.92. The van der Waals surface area contributed by atoms with Gasteiger partial charge in [0.25, 0.3) is 0 Å². The van der Waals surface area contributed by atoms with E-state index in [1.807, 2.05) is 0 Å². The zero-order chi connectivity index (χ0) is 9.68. The van der Waals surface area contributed by atoms with E-state index in [0.29, 0.717) is 12.1 Å². The van der Waals surface area contributed by atoms with Gasteiger partial charge in [0, 0.05) is 31.7 Å². The van der Waals surface area contributed by atoms with Gasteiger partial charge in [-0.05, 0) is 26.9 Å². The van der Waals surface area contributed by atoms with Gasteiger partial charge in [-0.2, -0.15) is 0 Å². The highest BCUT2D eigenvalue weighted by atomic mass is 15.2. The Kier molecular flexibility index (Phi) is 4.70. The Labute approximate surface area is 81.9 Å². The second-order valence-electron chi connectivity index (χ2n) is 4.04. The second kappa shape index (κ2) is 5.58. The minimum Gasteiger partial charge on any atom is -0.317 e. The van der Waals surface area contributed by atoms with E-state index in [9.17, 15) is 0 Å². The average molecular weight is 185 g/mol. The zero-order valence-electron chi connectivity index (χ0n) is 9.14. The van der Waals surface area contributed by atoms with Crippen LogP contribution in [0.4, 0.5) is 0 Å². The van der Waals surface area contributed by atoms with Crippen LogP contribution in [0.15, 0.2) is 0 Å². The van der Waals surface area contributed by atoms with Gasteiger partial charge in [-0.15, -0.1) is 0 Å². The lowest BCUT2D eigenvalue weighted by atomic mass is 10.0. The molecule has 1 rings (SSSR count). The highest BCUT2D eigenvalue weighted by molar-refractivity contribution is 4.80. The van der Waals surface area contributed by atoms with Crippen molar-refractivity contribution in [3.8, 4) is 0 Å². The number of nitrogens with one attached hydrogen (secondary N) is 2. The molecule has 2 N–H and O–H groups in total. The van der Waals surface area contributed by atoms with Gasteiger partial charge in [-0.25, -0.2) is 0 Å². The highest BCUT2D eigenvalue weighted by Crippen LogP contribution is 2.06. The van der Waals surface area contributed by atoms with Crippen molar-refractivity contribution in [3.05, 3.63) is 0 Å². The van der Waals surface area contributed by atoms with E-state index in [1.54, 1.807) is 0 Å². The Balaban J connectivity index is 2.26. The van der Waals surface area contributed by atoms with Crippen molar-refractivity contribution in [1.29, 1.82) is 0 Å². The van der Waals surface area contributed by atoms with E-state index in [-0.39, 0.29) is 0 Å². The Bertz CT molecular complexity index is 134. The summed E-state index contributed by atoms with van der Waals surface area (Å²) in [7, 11) is 4.26. The van der Waals surface area contributed by atoms with Gasteiger partial charge < -0.3 is 15.5 Å². The van der Waals surface area contributed by atoms with Crippen LogP contribution >= 0.6 is 0 Å². The fourth-order valence-electron chi connectivity index (χ4n) is 1.98. The first-order valence-electron chi connectivity index (χ1n) is 5.35. The summed E-state index contributed by atoms with van der Waals surface area (Å²) >= 11 is 0. The Morgan fingerprint density at radius 2 is 2.38 bits per heavy atom. The van der Waals surface area contributed by atoms with Crippen molar-refractivity contribution in [2.45, 2.75) is 31.8 Å².